The van der Waals surface area contributed by atoms with Crippen molar-refractivity contribution in [1.82, 2.24) is 0 Å². The highest BCUT2D eigenvalue weighted by molar-refractivity contribution is 5.94. The topological polar surface area (TPSA) is 356 Å². The fourth-order valence-corrected chi connectivity index (χ4v) is 6.41. The van der Waals surface area contributed by atoms with Gasteiger partial charge >= 0.3 is 0 Å². The summed E-state index contributed by atoms with van der Waals surface area (Å²) in [5, 5.41) is 76.4. The minimum absolute atomic E-state index is 0.0254. The van der Waals surface area contributed by atoms with E-state index in [9.17, 15) is 40.5 Å². The smallest absolute Gasteiger partial charge is 0.256 e. The van der Waals surface area contributed by atoms with Gasteiger partial charge < -0.3 is 98.2 Å². The summed E-state index contributed by atoms with van der Waals surface area (Å²) in [6, 6.07) is 3.76. The van der Waals surface area contributed by atoms with E-state index in [1.807, 2.05) is 0 Å². The van der Waals surface area contributed by atoms with E-state index in [-0.39, 0.29) is 13.0 Å². The van der Waals surface area contributed by atoms with Gasteiger partial charge in [0, 0.05) is 24.3 Å². The van der Waals surface area contributed by atoms with Crippen LogP contribution in [0.5, 0.6) is 0 Å². The van der Waals surface area contributed by atoms with Gasteiger partial charge in [0.1, 0.15) is 61.0 Å². The van der Waals surface area contributed by atoms with E-state index in [4.69, 9.17) is 57.1 Å². The molecule has 1 aromatic carbocycles. The lowest BCUT2D eigenvalue weighted by Gasteiger charge is -2.47. The molecule has 4 fully saturated rings. The molecule has 5 rings (SSSR count). The number of nitrogens with one attached hydrogen (secondary N) is 1. The third-order valence-electron chi connectivity index (χ3n) is 9.34. The molecule has 20 nitrogen and oxygen atoms in total. The van der Waals surface area contributed by atoms with Crippen LogP contribution in [0.3, 0.4) is 0 Å². The first-order valence-corrected chi connectivity index (χ1v) is 16.0. The summed E-state index contributed by atoms with van der Waals surface area (Å²) in [4.78, 5) is 13.5. The van der Waals surface area contributed by atoms with Gasteiger partial charge in [-0.15, -0.1) is 0 Å². The maximum Gasteiger partial charge on any atom is 0.256 e. The van der Waals surface area contributed by atoms with Crippen LogP contribution in [0.15, 0.2) is 30.3 Å². The fourth-order valence-electron chi connectivity index (χ4n) is 6.41. The summed E-state index contributed by atoms with van der Waals surface area (Å²) in [6.45, 7) is -0.898. The third-order valence-corrected chi connectivity index (χ3v) is 9.34. The number of hydrogen-bond donors (Lipinski definition) is 13. The largest absolute Gasteiger partial charge is 0.394 e. The van der Waals surface area contributed by atoms with E-state index < -0.39 is 129 Å². The van der Waals surface area contributed by atoms with Gasteiger partial charge in [0.2, 0.25) is 0 Å². The lowest BCUT2D eigenvalue weighted by atomic mass is 9.84. The van der Waals surface area contributed by atoms with Crippen LogP contribution in [0.2, 0.25) is 0 Å². The molecule has 3 aliphatic heterocycles. The molecule has 20 heteroatoms. The molecule has 49 heavy (non-hydrogen) atoms. The van der Waals surface area contributed by atoms with Crippen LogP contribution in [0.1, 0.15) is 6.42 Å². The molecule has 1 aromatic rings. The molecule has 3 heterocycles. The van der Waals surface area contributed by atoms with Crippen molar-refractivity contribution >= 4 is 11.6 Å². The Kier molecular flexibility index (Phi) is 12.6. The van der Waals surface area contributed by atoms with E-state index in [2.05, 4.69) is 5.32 Å². The second-order valence-corrected chi connectivity index (χ2v) is 12.7. The Morgan fingerprint density at radius 2 is 1.24 bits per heavy atom. The number of aliphatic hydroxyl groups excluding tert-OH is 7. The van der Waals surface area contributed by atoms with Crippen LogP contribution < -0.4 is 34.0 Å². The van der Waals surface area contributed by atoms with E-state index >= 15 is 0 Å². The molecule has 0 spiro atoms. The Labute approximate surface area is 280 Å². The molecule has 0 aromatic heterocycles. The van der Waals surface area contributed by atoms with Gasteiger partial charge in [0.15, 0.2) is 25.0 Å². The highest BCUT2D eigenvalue weighted by atomic mass is 16.8. The van der Waals surface area contributed by atoms with Gasteiger partial charge in [0.05, 0.1) is 24.8 Å². The first-order valence-electron chi connectivity index (χ1n) is 16.0. The van der Waals surface area contributed by atoms with E-state index in [1.165, 1.54) is 0 Å². The minimum Gasteiger partial charge on any atom is -0.394 e. The van der Waals surface area contributed by atoms with Gasteiger partial charge in [0.25, 0.3) is 5.91 Å². The molecule has 0 bridgehead atoms. The standard InChI is InChI=1S/C29H48N6O14/c30-7-12-17(38)19(40)14(33)27(44-12)47-24-21(42)29(49-25(24)26(43)35-9-4-2-1-3-5-9)48-23-16(37)10(31)6-11(32)22(23)46-28-15(34)20(41)18(39)13(8-36)45-28/h1-5,10-25,27-29,36-42H,6-8,30-34H2,(H,35,43)/t10-,11+,12+,13-,14-,15-,16+,17-,18-,19-,20-,21-,22-,23-,24+,25+,27-,28-,29-/m1/s1. The molecule has 1 amide bonds. The fraction of sp³-hybridized carbons (Fsp3) is 0.759. The maximum absolute atomic E-state index is 13.5. The normalized spacial score (nSPS) is 47.6. The van der Waals surface area contributed by atoms with Crippen LogP contribution in [0.25, 0.3) is 0 Å². The summed E-state index contributed by atoms with van der Waals surface area (Å²) in [7, 11) is 0. The van der Waals surface area contributed by atoms with Gasteiger partial charge in [-0.05, 0) is 18.6 Å². The zero-order valence-corrected chi connectivity index (χ0v) is 26.4. The molecule has 18 N–H and O–H groups in total. The molecule has 1 saturated carbocycles. The van der Waals surface area contributed by atoms with Crippen molar-refractivity contribution in [2.75, 3.05) is 18.5 Å². The number of ether oxygens (including phenoxy) is 6. The molecule has 4 aliphatic rings. The highest BCUT2D eigenvalue weighted by Crippen LogP contribution is 2.35. The van der Waals surface area contributed by atoms with Gasteiger partial charge in [-0.3, -0.25) is 4.79 Å². The zero-order chi connectivity index (χ0) is 35.7. The first-order chi connectivity index (χ1) is 23.3. The minimum atomic E-state index is -1.78. The van der Waals surface area contributed by atoms with Crippen LogP contribution in [0, 0.1) is 0 Å². The third kappa shape index (κ3) is 7.91. The number of carbonyl (C=O) groups is 1. The predicted octanol–water partition coefficient (Wildman–Crippen LogP) is -7.22. The second kappa shape index (κ2) is 16.1. The average Bonchev–Trinajstić information content (AvgIpc) is 3.39. The van der Waals surface area contributed by atoms with E-state index in [0.717, 1.165) is 0 Å². The second-order valence-electron chi connectivity index (χ2n) is 12.7. The molecule has 3 saturated heterocycles. The number of amides is 1. The van der Waals surface area contributed by atoms with Crippen molar-refractivity contribution in [3.8, 4) is 0 Å². The van der Waals surface area contributed by atoms with Crippen molar-refractivity contribution in [2.24, 2.45) is 28.7 Å². The number of carbonyl (C=O) groups excluding carboxylic acids is 1. The maximum atomic E-state index is 13.5. The number of hydrogen-bond acceptors (Lipinski definition) is 19. The zero-order valence-electron chi connectivity index (χ0n) is 26.4. The Hall–Kier alpha value is -2.03. The van der Waals surface area contributed by atoms with Gasteiger partial charge in [-0.1, -0.05) is 18.2 Å². The average molecular weight is 705 g/mol. The Balaban J connectivity index is 1.39. The summed E-state index contributed by atoms with van der Waals surface area (Å²) in [6.07, 6.45) is -22.2. The molecule has 19 atom stereocenters. The van der Waals surface area contributed by atoms with Gasteiger partial charge in [-0.25, -0.2) is 0 Å². The Bertz CT molecular complexity index is 1230. The predicted molar refractivity (Wildman–Crippen MR) is 164 cm³/mol. The molecule has 0 unspecified atom stereocenters. The lowest BCUT2D eigenvalue weighted by molar-refractivity contribution is -0.310. The number of para-hydroxylation sites is 1. The van der Waals surface area contributed by atoms with Crippen molar-refractivity contribution in [2.45, 2.75) is 123 Å². The number of aliphatic hydroxyl groups is 7. The van der Waals surface area contributed by atoms with Crippen molar-refractivity contribution < 1.29 is 69.0 Å². The molecular formula is C29H48N6O14. The van der Waals surface area contributed by atoms with Crippen LogP contribution in [-0.2, 0) is 33.2 Å². The first kappa shape index (κ1) is 38.2. The van der Waals surface area contributed by atoms with Crippen LogP contribution >= 0.6 is 0 Å². The Morgan fingerprint density at radius 1 is 0.694 bits per heavy atom. The van der Waals surface area contributed by atoms with Crippen molar-refractivity contribution in [3.63, 3.8) is 0 Å². The molecular weight excluding hydrogens is 656 g/mol. The van der Waals surface area contributed by atoms with Gasteiger partial charge in [-0.2, -0.15) is 0 Å². The molecule has 1 aliphatic carbocycles. The summed E-state index contributed by atoms with van der Waals surface area (Å²) >= 11 is 0. The quantitative estimate of drug-likeness (QED) is 0.108. The molecule has 0 radical (unpaired) electrons. The SMILES string of the molecule is NC[C@@H]1O[C@H](O[C@H]2[C@@H](O)[C@H](O[C@@H]3[C@@H](O)[C@H](N)C[C@H](N)[C@H]3O[C@H]3O[C@H](CO)[C@@H](O)[C@H](O)[C@H]3N)O[C@@H]2C(=O)Nc2ccccc2)[C@H](N)[C@@H](O)[C@@H]1O. The number of anilines is 1. The van der Waals surface area contributed by atoms with Crippen LogP contribution in [0.4, 0.5) is 5.69 Å². The highest BCUT2D eigenvalue weighted by Gasteiger charge is 2.56. The number of benzene rings is 1. The lowest BCUT2D eigenvalue weighted by Crippen LogP contribution is -2.68. The summed E-state index contributed by atoms with van der Waals surface area (Å²) < 4.78 is 35.1. The van der Waals surface area contributed by atoms with E-state index in [0.29, 0.717) is 5.69 Å². The number of nitrogens with two attached hydrogens (primary N) is 5. The Morgan fingerprint density at radius 3 is 1.84 bits per heavy atom. The van der Waals surface area contributed by atoms with Crippen molar-refractivity contribution in [1.29, 1.82) is 0 Å². The molecule has 278 valence electrons. The van der Waals surface area contributed by atoms with Crippen molar-refractivity contribution in [3.05, 3.63) is 30.3 Å². The summed E-state index contributed by atoms with van der Waals surface area (Å²) in [5.74, 6) is -0.781. The number of rotatable bonds is 10. The monoisotopic (exact) mass is 704 g/mol. The summed E-state index contributed by atoms with van der Waals surface area (Å²) in [5.41, 5.74) is 30.7. The van der Waals surface area contributed by atoms with Crippen LogP contribution in [-0.4, -0.2) is 171 Å². The van der Waals surface area contributed by atoms with E-state index in [1.54, 1.807) is 30.3 Å².